The predicted molar refractivity (Wildman–Crippen MR) is 130 cm³/mol. The number of carbonyl (C=O) groups is 1. The van der Waals surface area contributed by atoms with Crippen molar-refractivity contribution in [1.82, 2.24) is 14.3 Å². The van der Waals surface area contributed by atoms with Crippen LogP contribution in [0.15, 0.2) is 36.7 Å². The number of rotatable bonds is 12. The Balaban J connectivity index is 1.72. The van der Waals surface area contributed by atoms with Crippen molar-refractivity contribution in [2.75, 3.05) is 33.9 Å². The molecule has 0 radical (unpaired) electrons. The molecule has 10 heteroatoms. The van der Waals surface area contributed by atoms with Crippen molar-refractivity contribution >= 4 is 11.4 Å². The number of pyridine rings is 1. The van der Waals surface area contributed by atoms with Gasteiger partial charge in [0.15, 0.2) is 5.78 Å². The Morgan fingerprint density at radius 2 is 2.03 bits per heavy atom. The zero-order chi connectivity index (χ0) is 26.0. The molecule has 3 aromatic rings. The standard InChI is InChI=1S/C26H31F2N3O5/c1-26(34,15-30(2)8-9-32)18-6-7-31-19(14-29-23(31)13-18)17-11-21(35-3)24(20(33)10-16-4-5-16)22(12-17)36-25(27)28/h6-7,11-14,16,25,32,34H,4-5,8-10,15H2,1-3H3. The van der Waals surface area contributed by atoms with Gasteiger partial charge in [-0.15, -0.1) is 0 Å². The van der Waals surface area contributed by atoms with E-state index in [9.17, 15) is 18.7 Å². The first kappa shape index (κ1) is 26.0. The number of hydrogen-bond acceptors (Lipinski definition) is 7. The second kappa shape index (κ2) is 10.5. The fourth-order valence-corrected chi connectivity index (χ4v) is 4.44. The van der Waals surface area contributed by atoms with E-state index >= 15 is 0 Å². The summed E-state index contributed by atoms with van der Waals surface area (Å²) < 4.78 is 38.5. The van der Waals surface area contributed by atoms with Crippen LogP contribution in [0.25, 0.3) is 16.9 Å². The van der Waals surface area contributed by atoms with Crippen molar-refractivity contribution in [3.8, 4) is 22.8 Å². The van der Waals surface area contributed by atoms with Crippen molar-refractivity contribution in [1.29, 1.82) is 0 Å². The molecule has 1 fully saturated rings. The molecule has 1 saturated carbocycles. The van der Waals surface area contributed by atoms with Crippen LogP contribution in [0.3, 0.4) is 0 Å². The summed E-state index contributed by atoms with van der Waals surface area (Å²) in [6.45, 7) is -0.698. The number of Topliss-reactive ketones (excluding diaryl/α,β-unsaturated/α-hetero) is 1. The van der Waals surface area contributed by atoms with Crippen LogP contribution in [0.4, 0.5) is 8.78 Å². The number of aromatic nitrogens is 2. The van der Waals surface area contributed by atoms with Crippen molar-refractivity contribution in [2.24, 2.45) is 5.92 Å². The third-order valence-electron chi connectivity index (χ3n) is 6.44. The van der Waals surface area contributed by atoms with E-state index in [0.29, 0.717) is 35.6 Å². The summed E-state index contributed by atoms with van der Waals surface area (Å²) in [5.41, 5.74) is 1.07. The number of likely N-dealkylation sites (N-methyl/N-ethyl adjacent to an activating group) is 1. The lowest BCUT2D eigenvalue weighted by atomic mass is 9.96. The van der Waals surface area contributed by atoms with Crippen molar-refractivity contribution in [2.45, 2.75) is 38.4 Å². The minimum Gasteiger partial charge on any atom is -0.496 e. The summed E-state index contributed by atoms with van der Waals surface area (Å²) in [7, 11) is 3.19. The van der Waals surface area contributed by atoms with E-state index in [4.69, 9.17) is 14.6 Å². The van der Waals surface area contributed by atoms with Gasteiger partial charge in [0.25, 0.3) is 0 Å². The molecular formula is C26H31F2N3O5. The lowest BCUT2D eigenvalue weighted by Crippen LogP contribution is -2.38. The molecule has 0 amide bonds. The minimum absolute atomic E-state index is 0.0130. The van der Waals surface area contributed by atoms with Gasteiger partial charge in [0.05, 0.1) is 31.2 Å². The molecule has 1 aromatic carbocycles. The highest BCUT2D eigenvalue weighted by Gasteiger charge is 2.30. The molecule has 0 saturated heterocycles. The lowest BCUT2D eigenvalue weighted by molar-refractivity contribution is -0.0502. The maximum Gasteiger partial charge on any atom is 0.387 e. The van der Waals surface area contributed by atoms with E-state index in [-0.39, 0.29) is 41.8 Å². The number of ether oxygens (including phenoxy) is 2. The van der Waals surface area contributed by atoms with E-state index in [1.54, 1.807) is 41.9 Å². The summed E-state index contributed by atoms with van der Waals surface area (Å²) in [6, 6.07) is 6.53. The minimum atomic E-state index is -3.10. The fraction of sp³-hybridized carbons (Fsp3) is 0.462. The van der Waals surface area contributed by atoms with Crippen LogP contribution in [-0.2, 0) is 5.60 Å². The molecule has 36 heavy (non-hydrogen) atoms. The van der Waals surface area contributed by atoms with Gasteiger partial charge in [0.1, 0.15) is 22.7 Å². The predicted octanol–water partition coefficient (Wildman–Crippen LogP) is 3.73. The zero-order valence-corrected chi connectivity index (χ0v) is 20.6. The number of aliphatic hydroxyl groups excluding tert-OH is 1. The summed E-state index contributed by atoms with van der Waals surface area (Å²) in [5, 5.41) is 20.1. The molecule has 2 N–H and O–H groups in total. The van der Waals surface area contributed by atoms with Gasteiger partial charge < -0.3 is 24.6 Å². The van der Waals surface area contributed by atoms with Gasteiger partial charge in [-0.2, -0.15) is 8.78 Å². The third-order valence-corrected chi connectivity index (χ3v) is 6.44. The molecule has 2 heterocycles. The molecule has 0 spiro atoms. The number of alkyl halides is 2. The van der Waals surface area contributed by atoms with Crippen molar-refractivity contribution < 1.29 is 33.3 Å². The Bertz CT molecular complexity index is 1240. The van der Waals surface area contributed by atoms with Gasteiger partial charge >= 0.3 is 6.61 Å². The maximum atomic E-state index is 13.3. The summed E-state index contributed by atoms with van der Waals surface area (Å²) in [6.07, 6.45) is 5.48. The molecule has 1 unspecified atom stereocenters. The maximum absolute atomic E-state index is 13.3. The molecule has 0 bridgehead atoms. The first-order chi connectivity index (χ1) is 17.1. The Morgan fingerprint density at radius 1 is 1.31 bits per heavy atom. The summed E-state index contributed by atoms with van der Waals surface area (Å²) in [5.74, 6) is -0.0794. The highest BCUT2D eigenvalue weighted by atomic mass is 19.3. The number of carbonyl (C=O) groups excluding carboxylic acids is 1. The molecule has 1 atom stereocenters. The van der Waals surface area contributed by atoms with Crippen LogP contribution in [0.5, 0.6) is 11.5 Å². The summed E-state index contributed by atoms with van der Waals surface area (Å²) in [4.78, 5) is 19.1. The number of nitrogens with zero attached hydrogens (tertiary/aromatic N) is 3. The number of imidazole rings is 1. The van der Waals surface area contributed by atoms with Crippen LogP contribution in [0.1, 0.15) is 42.1 Å². The van der Waals surface area contributed by atoms with Crippen molar-refractivity contribution in [3.05, 3.63) is 47.8 Å². The number of hydrogen-bond donors (Lipinski definition) is 2. The fourth-order valence-electron chi connectivity index (χ4n) is 4.44. The first-order valence-electron chi connectivity index (χ1n) is 11.8. The average molecular weight is 504 g/mol. The Labute approximate surface area is 208 Å². The second-order valence-corrected chi connectivity index (χ2v) is 9.52. The molecular weight excluding hydrogens is 472 g/mol. The van der Waals surface area contributed by atoms with Crippen LogP contribution in [-0.4, -0.2) is 70.7 Å². The van der Waals surface area contributed by atoms with E-state index in [1.807, 2.05) is 11.9 Å². The zero-order valence-electron chi connectivity index (χ0n) is 20.6. The quantitative estimate of drug-likeness (QED) is 0.364. The Hall–Kier alpha value is -3.08. The first-order valence-corrected chi connectivity index (χ1v) is 11.8. The number of ketones is 1. The highest BCUT2D eigenvalue weighted by Crippen LogP contribution is 2.40. The van der Waals surface area contributed by atoms with Crippen LogP contribution >= 0.6 is 0 Å². The van der Waals surface area contributed by atoms with Gasteiger partial charge in [0.2, 0.25) is 0 Å². The van der Waals surface area contributed by atoms with Gasteiger partial charge in [-0.1, -0.05) is 0 Å². The average Bonchev–Trinajstić information content (AvgIpc) is 3.52. The normalized spacial score (nSPS) is 15.5. The number of aliphatic hydroxyl groups is 2. The molecule has 194 valence electrons. The largest absolute Gasteiger partial charge is 0.496 e. The molecule has 4 rings (SSSR count). The van der Waals surface area contributed by atoms with Crippen LogP contribution < -0.4 is 9.47 Å². The number of halogens is 2. The number of fused-ring (bicyclic) bond motifs is 1. The molecule has 1 aliphatic rings. The van der Waals surface area contributed by atoms with Gasteiger partial charge in [0, 0.05) is 31.3 Å². The van der Waals surface area contributed by atoms with Crippen LogP contribution in [0, 0.1) is 5.92 Å². The SMILES string of the molecule is COc1cc(-c2cnc3cc(C(C)(O)CN(C)CCO)ccn23)cc(OC(F)F)c1C(=O)CC1CC1. The van der Waals surface area contributed by atoms with Gasteiger partial charge in [-0.25, -0.2) is 4.98 Å². The lowest BCUT2D eigenvalue weighted by Gasteiger charge is -2.29. The van der Waals surface area contributed by atoms with E-state index in [2.05, 4.69) is 4.98 Å². The third kappa shape index (κ3) is 5.66. The molecule has 8 nitrogen and oxygen atoms in total. The molecule has 2 aromatic heterocycles. The Kier molecular flexibility index (Phi) is 7.58. The topological polar surface area (TPSA) is 96.5 Å². The van der Waals surface area contributed by atoms with E-state index in [0.717, 1.165) is 12.8 Å². The highest BCUT2D eigenvalue weighted by molar-refractivity contribution is 6.02. The van der Waals surface area contributed by atoms with Crippen LogP contribution in [0.2, 0.25) is 0 Å². The number of methoxy groups -OCH3 is 1. The van der Waals surface area contributed by atoms with E-state index in [1.165, 1.54) is 13.2 Å². The van der Waals surface area contributed by atoms with Gasteiger partial charge in [-0.05, 0) is 62.6 Å². The molecule has 0 aliphatic heterocycles. The Morgan fingerprint density at radius 3 is 2.67 bits per heavy atom. The smallest absolute Gasteiger partial charge is 0.387 e. The number of benzene rings is 1. The van der Waals surface area contributed by atoms with E-state index < -0.39 is 12.2 Å². The molecule has 1 aliphatic carbocycles. The summed E-state index contributed by atoms with van der Waals surface area (Å²) >= 11 is 0. The second-order valence-electron chi connectivity index (χ2n) is 9.52. The van der Waals surface area contributed by atoms with Gasteiger partial charge in [-0.3, -0.25) is 9.20 Å². The van der Waals surface area contributed by atoms with Crippen molar-refractivity contribution in [3.63, 3.8) is 0 Å². The monoisotopic (exact) mass is 503 g/mol.